The van der Waals surface area contributed by atoms with Gasteiger partial charge in [-0.3, -0.25) is 0 Å². The first-order chi connectivity index (χ1) is 16.7. The zero-order valence-corrected chi connectivity index (χ0v) is 21.1. The molecule has 2 aliphatic rings. The molecule has 0 unspecified atom stereocenters. The molecule has 8 rings (SSSR count). The molecule has 0 amide bonds. The normalized spacial score (nSPS) is 14.4. The molecule has 0 bridgehead atoms. The van der Waals surface area contributed by atoms with Crippen molar-refractivity contribution in [3.63, 3.8) is 0 Å². The standard InChI is InChI=1S/C31H16Br2O/c32-17-13-14-20-22-16-26(33)28-21-9-3-6-12-27(21)34-30(28)29(22)31(25(20)15-17)23-10-4-1-7-18(23)19-8-2-5-11-24(19)31/h1-16H. The number of benzene rings is 5. The van der Waals surface area contributed by atoms with Crippen LogP contribution in [0.5, 0.6) is 0 Å². The third kappa shape index (κ3) is 2.12. The maximum atomic E-state index is 6.71. The number of halogens is 2. The first kappa shape index (κ1) is 19.2. The van der Waals surface area contributed by atoms with Crippen molar-refractivity contribution in [1.29, 1.82) is 0 Å². The Bertz CT molecular complexity index is 1800. The van der Waals surface area contributed by atoms with Gasteiger partial charge in [-0.1, -0.05) is 88.7 Å². The molecule has 0 N–H and O–H groups in total. The van der Waals surface area contributed by atoms with E-state index >= 15 is 0 Å². The number of hydrogen-bond acceptors (Lipinski definition) is 1. The van der Waals surface area contributed by atoms with Gasteiger partial charge in [0.2, 0.25) is 0 Å². The van der Waals surface area contributed by atoms with Crippen molar-refractivity contribution in [3.05, 3.63) is 128 Å². The molecule has 1 heterocycles. The molecule has 0 fully saturated rings. The van der Waals surface area contributed by atoms with Gasteiger partial charge in [-0.2, -0.15) is 0 Å². The first-order valence-electron chi connectivity index (χ1n) is 11.3. The fourth-order valence-electron chi connectivity index (χ4n) is 6.43. The van der Waals surface area contributed by atoms with Gasteiger partial charge in [-0.15, -0.1) is 0 Å². The minimum atomic E-state index is -0.436. The van der Waals surface area contributed by atoms with Crippen molar-refractivity contribution in [2.75, 3.05) is 0 Å². The van der Waals surface area contributed by atoms with E-state index in [-0.39, 0.29) is 0 Å². The van der Waals surface area contributed by atoms with Crippen LogP contribution in [-0.2, 0) is 5.41 Å². The summed E-state index contributed by atoms with van der Waals surface area (Å²) in [5.41, 5.74) is 11.7. The average molecular weight is 564 g/mol. The monoisotopic (exact) mass is 562 g/mol. The molecule has 1 spiro atoms. The molecular weight excluding hydrogens is 548 g/mol. The lowest BCUT2D eigenvalue weighted by molar-refractivity contribution is 0.652. The summed E-state index contributed by atoms with van der Waals surface area (Å²) in [6.07, 6.45) is 0. The van der Waals surface area contributed by atoms with Crippen molar-refractivity contribution in [2.45, 2.75) is 5.41 Å². The van der Waals surface area contributed by atoms with Gasteiger partial charge in [0.25, 0.3) is 0 Å². The van der Waals surface area contributed by atoms with Crippen LogP contribution < -0.4 is 0 Å². The summed E-state index contributed by atoms with van der Waals surface area (Å²) >= 11 is 7.69. The highest BCUT2D eigenvalue weighted by molar-refractivity contribution is 9.11. The second-order valence-electron chi connectivity index (χ2n) is 9.11. The van der Waals surface area contributed by atoms with Gasteiger partial charge in [0.05, 0.1) is 5.41 Å². The summed E-state index contributed by atoms with van der Waals surface area (Å²) in [5, 5.41) is 2.28. The minimum absolute atomic E-state index is 0.436. The van der Waals surface area contributed by atoms with Gasteiger partial charge >= 0.3 is 0 Å². The van der Waals surface area contributed by atoms with Crippen molar-refractivity contribution in [2.24, 2.45) is 0 Å². The molecule has 0 atom stereocenters. The highest BCUT2D eigenvalue weighted by Crippen LogP contribution is 2.65. The van der Waals surface area contributed by atoms with Gasteiger partial charge in [0.1, 0.15) is 11.2 Å². The van der Waals surface area contributed by atoms with Gasteiger partial charge in [-0.05, 0) is 79.1 Å². The van der Waals surface area contributed by atoms with Crippen LogP contribution in [0.15, 0.2) is 110 Å². The van der Waals surface area contributed by atoms with Crippen LogP contribution in [-0.4, -0.2) is 0 Å². The van der Waals surface area contributed by atoms with E-state index in [1.165, 1.54) is 44.5 Å². The Morgan fingerprint density at radius 3 is 2.00 bits per heavy atom. The zero-order chi connectivity index (χ0) is 22.6. The average Bonchev–Trinajstić information content (AvgIpc) is 3.48. The van der Waals surface area contributed by atoms with E-state index in [0.717, 1.165) is 30.9 Å². The molecule has 3 heteroatoms. The van der Waals surface area contributed by atoms with Crippen molar-refractivity contribution < 1.29 is 4.42 Å². The highest BCUT2D eigenvalue weighted by atomic mass is 79.9. The summed E-state index contributed by atoms with van der Waals surface area (Å²) in [5.74, 6) is 0. The number of furan rings is 1. The Balaban J connectivity index is 1.68. The third-order valence-corrected chi connectivity index (χ3v) is 8.72. The first-order valence-corrected chi connectivity index (χ1v) is 12.9. The predicted octanol–water partition coefficient (Wildman–Crippen LogP) is 9.45. The fourth-order valence-corrected chi connectivity index (χ4v) is 7.41. The maximum absolute atomic E-state index is 6.71. The molecule has 0 radical (unpaired) electrons. The van der Waals surface area contributed by atoms with E-state index in [0.29, 0.717) is 0 Å². The lowest BCUT2D eigenvalue weighted by Gasteiger charge is -2.30. The van der Waals surface area contributed by atoms with E-state index in [9.17, 15) is 0 Å². The summed E-state index contributed by atoms with van der Waals surface area (Å²) in [7, 11) is 0. The van der Waals surface area contributed by atoms with Crippen LogP contribution >= 0.6 is 31.9 Å². The number of fused-ring (bicyclic) bond motifs is 14. The summed E-state index contributed by atoms with van der Waals surface area (Å²) in [6, 6.07) is 35.1. The largest absolute Gasteiger partial charge is 0.456 e. The van der Waals surface area contributed by atoms with Crippen LogP contribution in [0.25, 0.3) is 44.2 Å². The Kier molecular flexibility index (Phi) is 3.67. The fraction of sp³-hybridized carbons (Fsp3) is 0.0323. The topological polar surface area (TPSA) is 13.1 Å². The SMILES string of the molecule is Brc1ccc2c(c1)C1(c3ccccc3-c3ccccc31)c1c-2cc(Br)c2c1oc1ccccc12. The van der Waals surface area contributed by atoms with Gasteiger partial charge < -0.3 is 4.42 Å². The van der Waals surface area contributed by atoms with E-state index in [1.54, 1.807) is 0 Å². The Labute approximate surface area is 213 Å². The molecule has 1 nitrogen and oxygen atoms in total. The Morgan fingerprint density at radius 2 is 1.24 bits per heavy atom. The van der Waals surface area contributed by atoms with E-state index in [2.05, 4.69) is 123 Å². The van der Waals surface area contributed by atoms with Crippen LogP contribution in [0.2, 0.25) is 0 Å². The lowest BCUT2D eigenvalue weighted by Crippen LogP contribution is -2.26. The molecule has 0 saturated carbocycles. The van der Waals surface area contributed by atoms with Crippen molar-refractivity contribution >= 4 is 53.8 Å². The molecule has 0 saturated heterocycles. The third-order valence-electron chi connectivity index (χ3n) is 7.60. The van der Waals surface area contributed by atoms with Gasteiger partial charge in [0, 0.05) is 25.3 Å². The smallest absolute Gasteiger partial charge is 0.141 e. The molecule has 1 aromatic heterocycles. The molecule has 160 valence electrons. The van der Waals surface area contributed by atoms with Crippen molar-refractivity contribution in [3.8, 4) is 22.3 Å². The molecule has 2 aliphatic carbocycles. The predicted molar refractivity (Wildman–Crippen MR) is 145 cm³/mol. The van der Waals surface area contributed by atoms with Crippen LogP contribution in [0.4, 0.5) is 0 Å². The van der Waals surface area contributed by atoms with Crippen molar-refractivity contribution in [1.82, 2.24) is 0 Å². The Hall–Kier alpha value is -3.14. The summed E-state index contributed by atoms with van der Waals surface area (Å²) in [6.45, 7) is 0. The quantitative estimate of drug-likeness (QED) is 0.179. The van der Waals surface area contributed by atoms with E-state index in [4.69, 9.17) is 4.42 Å². The van der Waals surface area contributed by atoms with Crippen LogP contribution in [0, 0.1) is 0 Å². The Morgan fingerprint density at radius 1 is 0.588 bits per heavy atom. The number of para-hydroxylation sites is 1. The molecule has 0 aliphatic heterocycles. The maximum Gasteiger partial charge on any atom is 0.141 e. The van der Waals surface area contributed by atoms with E-state index in [1.807, 2.05) is 6.07 Å². The molecule has 34 heavy (non-hydrogen) atoms. The molecule has 5 aromatic carbocycles. The lowest BCUT2D eigenvalue weighted by atomic mass is 9.70. The minimum Gasteiger partial charge on any atom is -0.456 e. The second-order valence-corrected chi connectivity index (χ2v) is 10.9. The second kappa shape index (κ2) is 6.50. The van der Waals surface area contributed by atoms with Crippen LogP contribution in [0.3, 0.4) is 0 Å². The summed E-state index contributed by atoms with van der Waals surface area (Å²) in [4.78, 5) is 0. The summed E-state index contributed by atoms with van der Waals surface area (Å²) < 4.78 is 8.86. The van der Waals surface area contributed by atoms with E-state index < -0.39 is 5.41 Å². The zero-order valence-electron chi connectivity index (χ0n) is 17.9. The highest BCUT2D eigenvalue weighted by Gasteiger charge is 2.53. The van der Waals surface area contributed by atoms with Crippen LogP contribution in [0.1, 0.15) is 22.3 Å². The number of hydrogen-bond donors (Lipinski definition) is 0. The molecular formula is C31H16Br2O. The van der Waals surface area contributed by atoms with Gasteiger partial charge in [0.15, 0.2) is 0 Å². The van der Waals surface area contributed by atoms with Gasteiger partial charge in [-0.25, -0.2) is 0 Å². The number of rotatable bonds is 0. The molecule has 6 aromatic rings.